The first kappa shape index (κ1) is 10.7. The molecule has 0 aliphatic heterocycles. The van der Waals surface area contributed by atoms with Crippen molar-refractivity contribution in [2.24, 2.45) is 0 Å². The fraction of sp³-hybridized carbons (Fsp3) is 0.500. The Hall–Kier alpha value is -1.76. The van der Waals surface area contributed by atoms with Crippen molar-refractivity contribution in [3.63, 3.8) is 0 Å². The molecule has 0 spiro atoms. The molecule has 4 heteroatoms. The van der Waals surface area contributed by atoms with Crippen molar-refractivity contribution in [2.45, 2.75) is 37.6 Å². The van der Waals surface area contributed by atoms with Gasteiger partial charge in [-0.15, -0.1) is 0 Å². The van der Waals surface area contributed by atoms with Crippen molar-refractivity contribution in [3.8, 4) is 6.07 Å². The largest absolute Gasteiger partial charge is 0.472 e. The lowest BCUT2D eigenvalue weighted by atomic mass is 9.82. The van der Waals surface area contributed by atoms with Gasteiger partial charge in [0.1, 0.15) is 11.8 Å². The van der Waals surface area contributed by atoms with Crippen LogP contribution in [0.25, 0.3) is 0 Å². The molecular weight excluding hydrogens is 204 g/mol. The average Bonchev–Trinajstić information content (AvgIpc) is 2.84. The Morgan fingerprint density at radius 1 is 1.44 bits per heavy atom. The summed E-state index contributed by atoms with van der Waals surface area (Å²) in [5.74, 6) is -0.225. The summed E-state index contributed by atoms with van der Waals surface area (Å²) >= 11 is 0. The molecule has 1 saturated carbocycles. The van der Waals surface area contributed by atoms with E-state index in [0.717, 1.165) is 32.1 Å². The second kappa shape index (κ2) is 4.40. The topological polar surface area (TPSA) is 66.0 Å². The summed E-state index contributed by atoms with van der Waals surface area (Å²) < 4.78 is 4.85. The van der Waals surface area contributed by atoms with Gasteiger partial charge in [-0.25, -0.2) is 0 Å². The van der Waals surface area contributed by atoms with Crippen LogP contribution in [-0.2, 0) is 0 Å². The van der Waals surface area contributed by atoms with Crippen molar-refractivity contribution < 1.29 is 9.21 Å². The highest BCUT2D eigenvalue weighted by molar-refractivity contribution is 5.94. The van der Waals surface area contributed by atoms with Crippen LogP contribution >= 0.6 is 0 Å². The van der Waals surface area contributed by atoms with Crippen molar-refractivity contribution in [1.29, 1.82) is 5.26 Å². The molecule has 0 atom stereocenters. The summed E-state index contributed by atoms with van der Waals surface area (Å²) in [4.78, 5) is 11.8. The SMILES string of the molecule is N#CC1(NC(=O)c2ccoc2)CCCCC1. The van der Waals surface area contributed by atoms with E-state index in [2.05, 4.69) is 11.4 Å². The Morgan fingerprint density at radius 2 is 2.19 bits per heavy atom. The number of nitrogens with one attached hydrogen (secondary N) is 1. The van der Waals surface area contributed by atoms with Gasteiger partial charge in [-0.05, 0) is 18.9 Å². The van der Waals surface area contributed by atoms with E-state index in [4.69, 9.17) is 4.42 Å². The highest BCUT2D eigenvalue weighted by atomic mass is 16.3. The van der Waals surface area contributed by atoms with Crippen LogP contribution in [0.2, 0.25) is 0 Å². The molecule has 1 fully saturated rings. The number of carbonyl (C=O) groups excluding carboxylic acids is 1. The molecule has 1 N–H and O–H groups in total. The lowest BCUT2D eigenvalue weighted by Gasteiger charge is -2.31. The molecule has 1 heterocycles. The summed E-state index contributed by atoms with van der Waals surface area (Å²) in [7, 11) is 0. The van der Waals surface area contributed by atoms with Gasteiger partial charge in [0, 0.05) is 0 Å². The Morgan fingerprint density at radius 3 is 2.75 bits per heavy atom. The molecule has 84 valence electrons. The molecule has 1 amide bonds. The zero-order chi connectivity index (χ0) is 11.4. The molecule has 16 heavy (non-hydrogen) atoms. The van der Waals surface area contributed by atoms with Gasteiger partial charge in [0.05, 0.1) is 17.9 Å². The van der Waals surface area contributed by atoms with Crippen LogP contribution in [0, 0.1) is 11.3 Å². The van der Waals surface area contributed by atoms with Crippen molar-refractivity contribution in [1.82, 2.24) is 5.32 Å². The Balaban J connectivity index is 2.07. The van der Waals surface area contributed by atoms with Gasteiger partial charge >= 0.3 is 0 Å². The van der Waals surface area contributed by atoms with E-state index in [1.54, 1.807) is 6.07 Å². The predicted octanol–water partition coefficient (Wildman–Crippen LogP) is 2.24. The molecule has 1 aliphatic rings. The molecule has 0 bridgehead atoms. The number of amides is 1. The summed E-state index contributed by atoms with van der Waals surface area (Å²) in [6.45, 7) is 0. The van der Waals surface area contributed by atoms with Crippen LogP contribution in [0.4, 0.5) is 0 Å². The lowest BCUT2D eigenvalue weighted by Crippen LogP contribution is -2.48. The Bertz CT molecular complexity index is 397. The highest BCUT2D eigenvalue weighted by Gasteiger charge is 2.33. The van der Waals surface area contributed by atoms with Gasteiger partial charge in [-0.3, -0.25) is 4.79 Å². The molecule has 0 saturated heterocycles. The summed E-state index contributed by atoms with van der Waals surface area (Å²) in [5.41, 5.74) is -0.202. The van der Waals surface area contributed by atoms with Crippen LogP contribution in [0.5, 0.6) is 0 Å². The number of carbonyl (C=O) groups is 1. The summed E-state index contributed by atoms with van der Waals surface area (Å²) in [6, 6.07) is 3.85. The van der Waals surface area contributed by atoms with E-state index in [0.29, 0.717) is 5.56 Å². The number of nitriles is 1. The number of rotatable bonds is 2. The van der Waals surface area contributed by atoms with Crippen LogP contribution in [0.3, 0.4) is 0 Å². The maximum Gasteiger partial charge on any atom is 0.255 e. The molecule has 0 aromatic carbocycles. The monoisotopic (exact) mass is 218 g/mol. The number of hydrogen-bond acceptors (Lipinski definition) is 3. The maximum atomic E-state index is 11.8. The normalized spacial score (nSPS) is 18.7. The first-order valence-corrected chi connectivity index (χ1v) is 5.52. The second-order valence-electron chi connectivity index (χ2n) is 4.22. The van der Waals surface area contributed by atoms with Crippen molar-refractivity contribution in [3.05, 3.63) is 24.2 Å². The Labute approximate surface area is 94.2 Å². The fourth-order valence-corrected chi connectivity index (χ4v) is 2.10. The smallest absolute Gasteiger partial charge is 0.255 e. The van der Waals surface area contributed by atoms with Crippen LogP contribution < -0.4 is 5.32 Å². The molecule has 0 radical (unpaired) electrons. The van der Waals surface area contributed by atoms with E-state index in [1.807, 2.05) is 0 Å². The molecule has 1 aromatic heterocycles. The lowest BCUT2D eigenvalue weighted by molar-refractivity contribution is 0.0902. The number of furan rings is 1. The zero-order valence-electron chi connectivity index (χ0n) is 9.03. The molecule has 4 nitrogen and oxygen atoms in total. The summed E-state index contributed by atoms with van der Waals surface area (Å²) in [5, 5.41) is 12.0. The Kier molecular flexibility index (Phi) is 2.95. The standard InChI is InChI=1S/C12H14N2O2/c13-9-12(5-2-1-3-6-12)14-11(15)10-4-7-16-8-10/h4,7-8H,1-3,5-6H2,(H,14,15). The number of hydrogen-bond donors (Lipinski definition) is 1. The fourth-order valence-electron chi connectivity index (χ4n) is 2.10. The van der Waals surface area contributed by atoms with E-state index >= 15 is 0 Å². The van der Waals surface area contributed by atoms with E-state index in [9.17, 15) is 10.1 Å². The second-order valence-corrected chi connectivity index (χ2v) is 4.22. The van der Waals surface area contributed by atoms with Crippen molar-refractivity contribution in [2.75, 3.05) is 0 Å². The van der Waals surface area contributed by atoms with Crippen LogP contribution in [0.1, 0.15) is 42.5 Å². The van der Waals surface area contributed by atoms with E-state index in [1.165, 1.54) is 12.5 Å². The average molecular weight is 218 g/mol. The van der Waals surface area contributed by atoms with Crippen LogP contribution in [0.15, 0.2) is 23.0 Å². The van der Waals surface area contributed by atoms with Gasteiger partial charge in [-0.2, -0.15) is 5.26 Å². The molecule has 1 aromatic rings. The predicted molar refractivity (Wildman–Crippen MR) is 57.6 cm³/mol. The third kappa shape index (κ3) is 2.08. The zero-order valence-corrected chi connectivity index (χ0v) is 9.03. The van der Waals surface area contributed by atoms with E-state index < -0.39 is 5.54 Å². The third-order valence-corrected chi connectivity index (χ3v) is 3.06. The van der Waals surface area contributed by atoms with E-state index in [-0.39, 0.29) is 5.91 Å². The molecule has 2 rings (SSSR count). The molecular formula is C12H14N2O2. The first-order chi connectivity index (χ1) is 7.76. The first-order valence-electron chi connectivity index (χ1n) is 5.52. The van der Waals surface area contributed by atoms with Gasteiger partial charge in [0.15, 0.2) is 0 Å². The van der Waals surface area contributed by atoms with Crippen LogP contribution in [-0.4, -0.2) is 11.4 Å². The minimum atomic E-state index is -0.674. The quantitative estimate of drug-likeness (QED) is 0.827. The maximum absolute atomic E-state index is 11.8. The van der Waals surface area contributed by atoms with Crippen molar-refractivity contribution >= 4 is 5.91 Å². The van der Waals surface area contributed by atoms with Gasteiger partial charge in [0.25, 0.3) is 5.91 Å². The van der Waals surface area contributed by atoms with Gasteiger partial charge < -0.3 is 9.73 Å². The number of nitrogens with zero attached hydrogens (tertiary/aromatic N) is 1. The van der Waals surface area contributed by atoms with Gasteiger partial charge in [0.2, 0.25) is 0 Å². The summed E-state index contributed by atoms with van der Waals surface area (Å²) in [6.07, 6.45) is 7.47. The molecule has 1 aliphatic carbocycles. The highest BCUT2D eigenvalue weighted by Crippen LogP contribution is 2.27. The minimum absolute atomic E-state index is 0.225. The molecule has 0 unspecified atom stereocenters. The third-order valence-electron chi connectivity index (χ3n) is 3.06. The minimum Gasteiger partial charge on any atom is -0.472 e. The van der Waals surface area contributed by atoms with Gasteiger partial charge in [-0.1, -0.05) is 19.3 Å².